The maximum absolute atomic E-state index is 3.73. The Labute approximate surface area is 132 Å². The first-order valence-electron chi connectivity index (χ1n) is 9.08. The second-order valence-corrected chi connectivity index (χ2v) is 7.75. The van der Waals surface area contributed by atoms with E-state index in [0.717, 1.165) is 11.8 Å². The van der Waals surface area contributed by atoms with Crippen LogP contribution in [0.3, 0.4) is 0 Å². The van der Waals surface area contributed by atoms with Gasteiger partial charge in [-0.3, -0.25) is 0 Å². The minimum Gasteiger partial charge on any atom is -0.122 e. The van der Waals surface area contributed by atoms with Crippen molar-refractivity contribution < 1.29 is 0 Å². The highest BCUT2D eigenvalue weighted by atomic mass is 14.6. The molecule has 0 aromatic heterocycles. The first kappa shape index (κ1) is 16.6. The van der Waals surface area contributed by atoms with Crippen LogP contribution in [0, 0.1) is 23.2 Å². The van der Waals surface area contributed by atoms with Crippen LogP contribution in [0.5, 0.6) is 0 Å². The van der Waals surface area contributed by atoms with Crippen LogP contribution < -0.4 is 0 Å². The van der Waals surface area contributed by atoms with Crippen molar-refractivity contribution in [3.05, 3.63) is 28.5 Å². The van der Waals surface area contributed by atoms with E-state index in [1.165, 1.54) is 44.1 Å². The third kappa shape index (κ3) is 3.72. The maximum atomic E-state index is 3.73. The van der Waals surface area contributed by atoms with Gasteiger partial charge in [0.2, 0.25) is 0 Å². The van der Waals surface area contributed by atoms with E-state index in [2.05, 4.69) is 53.3 Å². The van der Waals surface area contributed by atoms with Crippen LogP contribution in [0.4, 0.5) is 0 Å². The van der Waals surface area contributed by atoms with Gasteiger partial charge < -0.3 is 0 Å². The second kappa shape index (κ2) is 6.57. The molecule has 0 nitrogen and oxygen atoms in total. The average molecular weight is 287 g/mol. The van der Waals surface area contributed by atoms with Gasteiger partial charge in [0.1, 0.15) is 0 Å². The van der Waals surface area contributed by atoms with Crippen molar-refractivity contribution in [1.82, 2.24) is 0 Å². The summed E-state index contributed by atoms with van der Waals surface area (Å²) >= 11 is 0. The molecular formula is C21H34. The topological polar surface area (TPSA) is 0 Å². The van der Waals surface area contributed by atoms with Crippen molar-refractivity contribution in [1.29, 1.82) is 0 Å². The molecule has 0 spiro atoms. The van der Waals surface area contributed by atoms with Gasteiger partial charge in [0.05, 0.1) is 0 Å². The molecule has 0 aromatic rings. The summed E-state index contributed by atoms with van der Waals surface area (Å²) in [6, 6.07) is 0. The molecule has 0 radical (unpaired) electrons. The summed E-state index contributed by atoms with van der Waals surface area (Å²) in [5.74, 6) is 2.58. The summed E-state index contributed by atoms with van der Waals surface area (Å²) in [7, 11) is 0. The van der Waals surface area contributed by atoms with E-state index in [1.807, 2.05) is 0 Å². The fourth-order valence-corrected chi connectivity index (χ4v) is 4.18. The lowest BCUT2D eigenvalue weighted by Gasteiger charge is -2.41. The van der Waals surface area contributed by atoms with Crippen molar-refractivity contribution in [2.75, 3.05) is 0 Å². The molecule has 2 rings (SSSR count). The summed E-state index contributed by atoms with van der Waals surface area (Å²) in [6.45, 7) is 14.0. The van der Waals surface area contributed by atoms with Crippen LogP contribution in [0.1, 0.15) is 80.1 Å². The highest BCUT2D eigenvalue weighted by molar-refractivity contribution is 5.25. The van der Waals surface area contributed by atoms with Gasteiger partial charge >= 0.3 is 0 Å². The zero-order valence-electron chi connectivity index (χ0n) is 15.1. The van der Waals surface area contributed by atoms with Gasteiger partial charge in [-0.05, 0) is 67.4 Å². The van der Waals surface area contributed by atoms with Crippen molar-refractivity contribution >= 4 is 0 Å². The molecule has 2 fully saturated rings. The minimum atomic E-state index is 0.545. The lowest BCUT2D eigenvalue weighted by atomic mass is 9.63. The molecule has 0 bridgehead atoms. The van der Waals surface area contributed by atoms with Gasteiger partial charge in [0, 0.05) is 5.92 Å². The Bertz CT molecular complexity index is 456. The molecule has 0 amide bonds. The number of hydrogen-bond acceptors (Lipinski definition) is 0. The summed E-state index contributed by atoms with van der Waals surface area (Å²) in [6.07, 6.45) is 10.3. The van der Waals surface area contributed by atoms with Crippen molar-refractivity contribution in [2.45, 2.75) is 80.1 Å². The average Bonchev–Trinajstić information content (AvgIpc) is 3.22. The van der Waals surface area contributed by atoms with E-state index in [0.29, 0.717) is 11.3 Å². The van der Waals surface area contributed by atoms with E-state index in [-0.39, 0.29) is 0 Å². The van der Waals surface area contributed by atoms with E-state index in [1.54, 1.807) is 11.1 Å². The molecule has 2 aliphatic rings. The number of allylic oxidation sites excluding steroid dienone is 3. The Morgan fingerprint density at radius 1 is 1.29 bits per heavy atom. The lowest BCUT2D eigenvalue weighted by Crippen LogP contribution is -2.30. The quantitative estimate of drug-likeness (QED) is 0.377. The summed E-state index contributed by atoms with van der Waals surface area (Å²) in [5.41, 5.74) is 8.92. The first-order chi connectivity index (χ1) is 9.93. The molecule has 0 aliphatic heterocycles. The van der Waals surface area contributed by atoms with Gasteiger partial charge in [-0.1, -0.05) is 52.7 Å². The first-order valence-corrected chi connectivity index (χ1v) is 9.08. The van der Waals surface area contributed by atoms with Gasteiger partial charge in [-0.2, -0.15) is 0 Å². The van der Waals surface area contributed by atoms with Crippen LogP contribution in [0.2, 0.25) is 0 Å². The van der Waals surface area contributed by atoms with Crippen LogP contribution in [-0.4, -0.2) is 0 Å². The van der Waals surface area contributed by atoms with E-state index >= 15 is 0 Å². The largest absolute Gasteiger partial charge is 0.122 e. The molecule has 21 heavy (non-hydrogen) atoms. The van der Waals surface area contributed by atoms with Crippen molar-refractivity contribution in [3.8, 4) is 0 Å². The summed E-state index contributed by atoms with van der Waals surface area (Å²) in [4.78, 5) is 0. The summed E-state index contributed by atoms with van der Waals surface area (Å²) < 4.78 is 0. The fraction of sp³-hybridized carbons (Fsp3) is 0.762. The Morgan fingerprint density at radius 3 is 2.38 bits per heavy atom. The van der Waals surface area contributed by atoms with Crippen LogP contribution in [0.25, 0.3) is 0 Å². The number of hydrogen-bond donors (Lipinski definition) is 0. The molecule has 2 saturated carbocycles. The smallest absolute Gasteiger partial charge is 0.00242 e. The second-order valence-electron chi connectivity index (χ2n) is 7.75. The zero-order valence-corrected chi connectivity index (χ0v) is 15.1. The molecule has 2 aliphatic carbocycles. The van der Waals surface area contributed by atoms with E-state index in [9.17, 15) is 0 Å². The lowest BCUT2D eigenvalue weighted by molar-refractivity contribution is 0.183. The third-order valence-corrected chi connectivity index (χ3v) is 6.03. The Kier molecular flexibility index (Phi) is 5.20. The predicted molar refractivity (Wildman–Crippen MR) is 93.3 cm³/mol. The van der Waals surface area contributed by atoms with Crippen molar-refractivity contribution in [2.24, 2.45) is 23.2 Å². The third-order valence-electron chi connectivity index (χ3n) is 6.03. The Morgan fingerprint density at radius 2 is 1.90 bits per heavy atom. The van der Waals surface area contributed by atoms with Crippen LogP contribution >= 0.6 is 0 Å². The zero-order chi connectivity index (χ0) is 15.6. The predicted octanol–water partition coefficient (Wildman–Crippen LogP) is 6.69. The molecule has 3 unspecified atom stereocenters. The molecule has 118 valence electrons. The monoisotopic (exact) mass is 286 g/mol. The standard InChI is InChI=1S/C21H34/c1-7-17(8-2)10-15(4)16(5)11-18-13-21(6,14-18)20-12-19(20)9-3/h10,15,19-20H,7-9,12-14H2,1-6H3. The van der Waals surface area contributed by atoms with Crippen LogP contribution in [-0.2, 0) is 0 Å². The van der Waals surface area contributed by atoms with Crippen molar-refractivity contribution in [3.63, 3.8) is 0 Å². The van der Waals surface area contributed by atoms with Gasteiger partial charge in [0.25, 0.3) is 0 Å². The minimum absolute atomic E-state index is 0.545. The SMILES string of the molecule is CCC(=CC(C)C(C)=C=C1CC(C)(C2CC2CC)C1)CC. The van der Waals surface area contributed by atoms with Gasteiger partial charge in [-0.15, -0.1) is 5.73 Å². The molecule has 0 N–H and O–H groups in total. The number of rotatable bonds is 6. The molecule has 0 heterocycles. The van der Waals surface area contributed by atoms with Gasteiger partial charge in [0.15, 0.2) is 0 Å². The van der Waals surface area contributed by atoms with E-state index in [4.69, 9.17) is 0 Å². The molecular weight excluding hydrogens is 252 g/mol. The highest BCUT2D eigenvalue weighted by Gasteiger charge is 2.53. The normalized spacial score (nSPS) is 32.0. The molecule has 3 atom stereocenters. The highest BCUT2D eigenvalue weighted by Crippen LogP contribution is 2.62. The molecule has 0 saturated heterocycles. The van der Waals surface area contributed by atoms with E-state index < -0.39 is 0 Å². The van der Waals surface area contributed by atoms with Gasteiger partial charge in [-0.25, -0.2) is 0 Å². The van der Waals surface area contributed by atoms with Crippen LogP contribution in [0.15, 0.2) is 28.5 Å². The molecule has 0 heteroatoms. The Hall–Kier alpha value is -0.740. The Balaban J connectivity index is 1.99. The fourth-order valence-electron chi connectivity index (χ4n) is 4.18. The molecule has 0 aromatic carbocycles. The maximum Gasteiger partial charge on any atom is 0.00242 e. The summed E-state index contributed by atoms with van der Waals surface area (Å²) in [5, 5.41) is 0.